The lowest BCUT2D eigenvalue weighted by atomic mass is 9.98. The van der Waals surface area contributed by atoms with Gasteiger partial charge in [-0.3, -0.25) is 9.48 Å². The predicted octanol–water partition coefficient (Wildman–Crippen LogP) is 2.33. The quantitative estimate of drug-likeness (QED) is 0.938. The lowest BCUT2D eigenvalue weighted by Gasteiger charge is -2.14. The van der Waals surface area contributed by atoms with Gasteiger partial charge in [0.15, 0.2) is 0 Å². The summed E-state index contributed by atoms with van der Waals surface area (Å²) in [4.78, 5) is 11.9. The van der Waals surface area contributed by atoms with E-state index in [1.54, 1.807) is 6.07 Å². The third kappa shape index (κ3) is 3.12. The number of nitrogens with one attached hydrogen (secondary N) is 1. The number of carbonyl (C=O) groups excluding carboxylic acids is 1. The van der Waals surface area contributed by atoms with E-state index in [9.17, 15) is 9.18 Å². The first kappa shape index (κ1) is 13.8. The average molecular weight is 287 g/mol. The second-order valence-electron chi connectivity index (χ2n) is 5.31. The van der Waals surface area contributed by atoms with Crippen molar-refractivity contribution in [1.29, 1.82) is 0 Å². The zero-order valence-electron chi connectivity index (χ0n) is 11.8. The van der Waals surface area contributed by atoms with Crippen LogP contribution in [-0.4, -0.2) is 22.2 Å². The molecule has 1 aliphatic rings. The maximum atomic E-state index is 13.1. The van der Waals surface area contributed by atoms with Crippen molar-refractivity contribution in [3.63, 3.8) is 0 Å². The molecule has 0 bridgehead atoms. The van der Waals surface area contributed by atoms with Crippen LogP contribution in [0.1, 0.15) is 34.5 Å². The molecule has 0 atom stereocenters. The van der Waals surface area contributed by atoms with E-state index >= 15 is 0 Å². The highest BCUT2D eigenvalue weighted by Crippen LogP contribution is 2.20. The van der Waals surface area contributed by atoms with Gasteiger partial charge in [-0.05, 0) is 49.4 Å². The highest BCUT2D eigenvalue weighted by atomic mass is 19.1. The van der Waals surface area contributed by atoms with Crippen LogP contribution in [0.4, 0.5) is 4.39 Å². The topological polar surface area (TPSA) is 46.9 Å². The summed E-state index contributed by atoms with van der Waals surface area (Å²) in [5.74, 6) is -0.653. The number of aromatic nitrogens is 2. The summed E-state index contributed by atoms with van der Waals surface area (Å²) in [6.07, 6.45) is 6.53. The van der Waals surface area contributed by atoms with E-state index in [1.807, 2.05) is 10.9 Å². The Bertz CT molecular complexity index is 651. The number of hydrogen-bond acceptors (Lipinski definition) is 2. The summed E-state index contributed by atoms with van der Waals surface area (Å²) in [5, 5.41) is 7.19. The van der Waals surface area contributed by atoms with Gasteiger partial charge in [-0.1, -0.05) is 6.07 Å². The van der Waals surface area contributed by atoms with Crippen LogP contribution in [0.5, 0.6) is 0 Å². The van der Waals surface area contributed by atoms with E-state index in [0.29, 0.717) is 18.7 Å². The first-order valence-corrected chi connectivity index (χ1v) is 7.31. The zero-order chi connectivity index (χ0) is 14.7. The van der Waals surface area contributed by atoms with Gasteiger partial charge < -0.3 is 5.32 Å². The summed E-state index contributed by atoms with van der Waals surface area (Å²) in [5.41, 5.74) is 2.97. The van der Waals surface area contributed by atoms with Crippen molar-refractivity contribution < 1.29 is 9.18 Å². The minimum atomic E-state index is -0.399. The van der Waals surface area contributed by atoms with Crippen molar-refractivity contribution in [3.05, 3.63) is 53.1 Å². The van der Waals surface area contributed by atoms with Crippen molar-refractivity contribution in [3.8, 4) is 0 Å². The van der Waals surface area contributed by atoms with E-state index in [2.05, 4.69) is 10.4 Å². The average Bonchev–Trinajstić information content (AvgIpc) is 2.91. The molecule has 0 radical (unpaired) electrons. The van der Waals surface area contributed by atoms with Gasteiger partial charge in [0.1, 0.15) is 5.82 Å². The number of halogens is 1. The number of rotatable bonds is 4. The molecule has 1 N–H and O–H groups in total. The van der Waals surface area contributed by atoms with Crippen LogP contribution < -0.4 is 5.32 Å². The molecular weight excluding hydrogens is 269 g/mol. The van der Waals surface area contributed by atoms with Gasteiger partial charge in [-0.25, -0.2) is 4.39 Å². The molecule has 4 nitrogen and oxygen atoms in total. The van der Waals surface area contributed by atoms with E-state index < -0.39 is 5.82 Å². The Morgan fingerprint density at radius 2 is 2.19 bits per heavy atom. The summed E-state index contributed by atoms with van der Waals surface area (Å²) in [7, 11) is 0. The van der Waals surface area contributed by atoms with Crippen LogP contribution in [0.2, 0.25) is 0 Å². The third-order valence-electron chi connectivity index (χ3n) is 3.84. The predicted molar refractivity (Wildman–Crippen MR) is 77.6 cm³/mol. The Balaban J connectivity index is 1.56. The smallest absolute Gasteiger partial charge is 0.251 e. The second-order valence-corrected chi connectivity index (χ2v) is 5.31. The number of hydrogen-bond donors (Lipinski definition) is 1. The molecule has 1 amide bonds. The highest BCUT2D eigenvalue weighted by molar-refractivity contribution is 5.94. The largest absolute Gasteiger partial charge is 0.350 e. The number of nitrogens with zero attached hydrogens (tertiary/aromatic N) is 2. The molecule has 0 saturated heterocycles. The molecule has 110 valence electrons. The second kappa shape index (κ2) is 6.08. The van der Waals surface area contributed by atoms with Gasteiger partial charge in [0, 0.05) is 17.8 Å². The van der Waals surface area contributed by atoms with Crippen molar-refractivity contribution in [2.75, 3.05) is 6.54 Å². The maximum Gasteiger partial charge on any atom is 0.251 e. The Morgan fingerprint density at radius 3 is 3.05 bits per heavy atom. The summed E-state index contributed by atoms with van der Waals surface area (Å²) >= 11 is 0. The van der Waals surface area contributed by atoms with Gasteiger partial charge in [0.25, 0.3) is 5.91 Å². The minimum absolute atomic E-state index is 0.254. The fourth-order valence-corrected chi connectivity index (χ4v) is 2.76. The van der Waals surface area contributed by atoms with E-state index in [1.165, 1.54) is 42.3 Å². The van der Waals surface area contributed by atoms with Crippen LogP contribution >= 0.6 is 0 Å². The Hall–Kier alpha value is -2.17. The number of fused-ring (bicyclic) bond motifs is 1. The zero-order valence-corrected chi connectivity index (χ0v) is 11.8. The lowest BCUT2D eigenvalue weighted by Crippen LogP contribution is -2.28. The van der Waals surface area contributed by atoms with Crippen molar-refractivity contribution in [1.82, 2.24) is 15.1 Å². The molecule has 3 rings (SSSR count). The van der Waals surface area contributed by atoms with Crippen molar-refractivity contribution in [2.24, 2.45) is 0 Å². The maximum absolute atomic E-state index is 13.1. The van der Waals surface area contributed by atoms with Crippen LogP contribution in [0.25, 0.3) is 0 Å². The van der Waals surface area contributed by atoms with E-state index in [-0.39, 0.29) is 5.91 Å². The fourth-order valence-electron chi connectivity index (χ4n) is 2.76. The van der Waals surface area contributed by atoms with Gasteiger partial charge >= 0.3 is 0 Å². The van der Waals surface area contributed by atoms with Crippen LogP contribution in [0.15, 0.2) is 30.5 Å². The first-order valence-electron chi connectivity index (χ1n) is 7.31. The van der Waals surface area contributed by atoms with Crippen molar-refractivity contribution in [2.45, 2.75) is 32.2 Å². The van der Waals surface area contributed by atoms with E-state index in [4.69, 9.17) is 0 Å². The molecule has 1 aromatic heterocycles. The van der Waals surface area contributed by atoms with Crippen molar-refractivity contribution >= 4 is 5.91 Å². The van der Waals surface area contributed by atoms with Gasteiger partial charge in [0.2, 0.25) is 0 Å². The highest BCUT2D eigenvalue weighted by Gasteiger charge is 2.14. The fraction of sp³-hybridized carbons (Fsp3) is 0.375. The first-order chi connectivity index (χ1) is 10.2. The SMILES string of the molecule is O=C(NCCn1ncc2c1CCCC2)c1cccc(F)c1. The molecule has 21 heavy (non-hydrogen) atoms. The summed E-state index contributed by atoms with van der Waals surface area (Å²) in [6, 6.07) is 5.71. The van der Waals surface area contributed by atoms with E-state index in [0.717, 1.165) is 12.8 Å². The molecule has 0 fully saturated rings. The van der Waals surface area contributed by atoms with Gasteiger partial charge in [0.05, 0.1) is 12.7 Å². The molecule has 0 unspecified atom stereocenters. The molecule has 0 spiro atoms. The Morgan fingerprint density at radius 1 is 1.33 bits per heavy atom. The molecule has 0 saturated carbocycles. The Labute approximate surface area is 123 Å². The molecule has 1 aromatic carbocycles. The standard InChI is InChI=1S/C16H18FN3O/c17-14-6-3-5-12(10-14)16(21)18-8-9-20-15-7-2-1-4-13(15)11-19-20/h3,5-6,10-11H,1-2,4,7-9H2,(H,18,21). The molecule has 2 aromatic rings. The Kier molecular flexibility index (Phi) is 3.99. The summed E-state index contributed by atoms with van der Waals surface area (Å²) < 4.78 is 15.0. The van der Waals surface area contributed by atoms with Gasteiger partial charge in [-0.15, -0.1) is 0 Å². The normalized spacial score (nSPS) is 13.8. The number of aryl methyl sites for hydroxylation is 1. The molecular formula is C16H18FN3O. The van der Waals surface area contributed by atoms with Gasteiger partial charge in [-0.2, -0.15) is 5.10 Å². The summed E-state index contributed by atoms with van der Waals surface area (Å²) in [6.45, 7) is 1.14. The molecule has 0 aliphatic heterocycles. The minimum Gasteiger partial charge on any atom is -0.350 e. The van der Waals surface area contributed by atoms with Crippen LogP contribution in [0, 0.1) is 5.82 Å². The molecule has 1 aliphatic carbocycles. The van der Waals surface area contributed by atoms with Crippen LogP contribution in [0.3, 0.4) is 0 Å². The molecule has 5 heteroatoms. The molecule has 1 heterocycles. The van der Waals surface area contributed by atoms with Crippen LogP contribution in [-0.2, 0) is 19.4 Å². The monoisotopic (exact) mass is 287 g/mol. The number of benzene rings is 1. The number of carbonyl (C=O) groups is 1. The number of amides is 1. The lowest BCUT2D eigenvalue weighted by molar-refractivity contribution is 0.0951. The third-order valence-corrected chi connectivity index (χ3v) is 3.84.